The molecule has 0 rings (SSSR count). The van der Waals surface area contributed by atoms with E-state index in [0.29, 0.717) is 6.42 Å². The smallest absolute Gasteiger partial charge is 0.226 e. The molecular formula is C6H14N2O4S3. The van der Waals surface area contributed by atoms with E-state index < -0.39 is 31.0 Å². The molecule has 90 valence electrons. The van der Waals surface area contributed by atoms with Crippen LogP contribution in [0.3, 0.4) is 0 Å². The van der Waals surface area contributed by atoms with Crippen LogP contribution < -0.4 is 10.5 Å². The highest BCUT2D eigenvalue weighted by atomic mass is 32.3. The van der Waals surface area contributed by atoms with Gasteiger partial charge >= 0.3 is 0 Å². The molecule has 0 heterocycles. The van der Waals surface area contributed by atoms with Crippen LogP contribution in [0.5, 0.6) is 0 Å². The summed E-state index contributed by atoms with van der Waals surface area (Å²) < 4.78 is 46.4. The van der Waals surface area contributed by atoms with Gasteiger partial charge in [0, 0.05) is 6.26 Å². The maximum absolute atomic E-state index is 11.3. The SMILES string of the molecule is CCC(NS(=O)(=O)CS(C)(=O)=O)C(N)=S. The molecule has 15 heavy (non-hydrogen) atoms. The minimum absolute atomic E-state index is 0.00502. The Bertz CT molecular complexity index is 425. The second-order valence-electron chi connectivity index (χ2n) is 3.14. The normalized spacial score (nSPS) is 14.8. The molecule has 0 aromatic rings. The van der Waals surface area contributed by atoms with Crippen molar-refractivity contribution in [3.8, 4) is 0 Å². The van der Waals surface area contributed by atoms with Crippen LogP contribution in [0.1, 0.15) is 13.3 Å². The second kappa shape index (κ2) is 5.19. The molecule has 1 unspecified atom stereocenters. The van der Waals surface area contributed by atoms with Crippen molar-refractivity contribution in [2.75, 3.05) is 11.3 Å². The van der Waals surface area contributed by atoms with Crippen molar-refractivity contribution in [3.63, 3.8) is 0 Å². The minimum atomic E-state index is -3.90. The van der Waals surface area contributed by atoms with Crippen LogP contribution in [0.4, 0.5) is 0 Å². The lowest BCUT2D eigenvalue weighted by molar-refractivity contribution is 0.573. The minimum Gasteiger partial charge on any atom is -0.392 e. The van der Waals surface area contributed by atoms with Crippen molar-refractivity contribution in [2.45, 2.75) is 19.4 Å². The first-order chi connectivity index (χ1) is 6.57. The first kappa shape index (κ1) is 14.8. The van der Waals surface area contributed by atoms with Crippen LogP contribution in [0.2, 0.25) is 0 Å². The molecule has 0 saturated carbocycles. The number of sulfone groups is 1. The Morgan fingerprint density at radius 3 is 2.13 bits per heavy atom. The van der Waals surface area contributed by atoms with E-state index in [4.69, 9.17) is 5.73 Å². The van der Waals surface area contributed by atoms with E-state index in [1.807, 2.05) is 0 Å². The number of rotatable bonds is 6. The quantitative estimate of drug-likeness (QED) is 0.600. The van der Waals surface area contributed by atoms with Crippen molar-refractivity contribution >= 4 is 37.1 Å². The molecule has 0 saturated heterocycles. The average molecular weight is 274 g/mol. The van der Waals surface area contributed by atoms with Crippen molar-refractivity contribution < 1.29 is 16.8 Å². The molecule has 0 amide bonds. The Balaban J connectivity index is 4.72. The first-order valence-corrected chi connectivity index (χ1v) is 8.16. The molecule has 0 fully saturated rings. The van der Waals surface area contributed by atoms with Gasteiger partial charge in [-0.05, 0) is 6.42 Å². The highest BCUT2D eigenvalue weighted by molar-refractivity contribution is 8.06. The van der Waals surface area contributed by atoms with Gasteiger partial charge in [-0.15, -0.1) is 0 Å². The number of hydrogen-bond acceptors (Lipinski definition) is 5. The molecule has 0 aromatic carbocycles. The highest BCUT2D eigenvalue weighted by Gasteiger charge is 2.22. The van der Waals surface area contributed by atoms with Gasteiger partial charge in [0.05, 0.1) is 11.0 Å². The number of thiocarbonyl (C=S) groups is 1. The Morgan fingerprint density at radius 2 is 1.87 bits per heavy atom. The van der Waals surface area contributed by atoms with E-state index in [-0.39, 0.29) is 4.99 Å². The highest BCUT2D eigenvalue weighted by Crippen LogP contribution is 1.98. The summed E-state index contributed by atoms with van der Waals surface area (Å²) in [7, 11) is -7.50. The van der Waals surface area contributed by atoms with E-state index in [0.717, 1.165) is 6.26 Å². The predicted molar refractivity (Wildman–Crippen MR) is 62.6 cm³/mol. The van der Waals surface area contributed by atoms with Gasteiger partial charge in [-0.3, -0.25) is 0 Å². The van der Waals surface area contributed by atoms with Crippen LogP contribution >= 0.6 is 12.2 Å². The summed E-state index contributed by atoms with van der Waals surface area (Å²) in [6, 6.07) is -0.702. The standard InChI is InChI=1S/C6H14N2O4S3/c1-3-5(6(7)13)8-15(11,12)4-14(2,9)10/h5,8H,3-4H2,1-2H3,(H2,7,13). The average Bonchev–Trinajstić information content (AvgIpc) is 1.94. The predicted octanol–water partition coefficient (Wildman–Crippen LogP) is -1.03. The van der Waals surface area contributed by atoms with Crippen LogP contribution in [0.15, 0.2) is 0 Å². The van der Waals surface area contributed by atoms with E-state index in [1.165, 1.54) is 0 Å². The largest absolute Gasteiger partial charge is 0.392 e. The van der Waals surface area contributed by atoms with Gasteiger partial charge in [-0.1, -0.05) is 19.1 Å². The fraction of sp³-hybridized carbons (Fsp3) is 0.833. The van der Waals surface area contributed by atoms with Crippen molar-refractivity contribution in [2.24, 2.45) is 5.73 Å². The molecule has 0 aliphatic rings. The van der Waals surface area contributed by atoms with Gasteiger partial charge in [0.1, 0.15) is 0 Å². The second-order valence-corrected chi connectivity index (χ2v) is 7.87. The summed E-state index contributed by atoms with van der Waals surface area (Å²) in [6.45, 7) is 1.69. The van der Waals surface area contributed by atoms with E-state index in [9.17, 15) is 16.8 Å². The topological polar surface area (TPSA) is 106 Å². The molecule has 0 aliphatic carbocycles. The molecule has 0 aromatic heterocycles. The first-order valence-electron chi connectivity index (χ1n) is 4.04. The maximum atomic E-state index is 11.3. The van der Waals surface area contributed by atoms with Crippen molar-refractivity contribution in [1.29, 1.82) is 0 Å². The van der Waals surface area contributed by atoms with Crippen molar-refractivity contribution in [3.05, 3.63) is 0 Å². The zero-order valence-corrected chi connectivity index (χ0v) is 10.9. The summed E-state index contributed by atoms with van der Waals surface area (Å²) >= 11 is 4.63. The Morgan fingerprint density at radius 1 is 1.40 bits per heavy atom. The third kappa shape index (κ3) is 6.77. The molecule has 0 radical (unpaired) electrons. The van der Waals surface area contributed by atoms with Gasteiger partial charge in [-0.25, -0.2) is 21.6 Å². The number of nitrogens with two attached hydrogens (primary N) is 1. The fourth-order valence-electron chi connectivity index (χ4n) is 0.875. The molecule has 1 atom stereocenters. The number of nitrogens with one attached hydrogen (secondary N) is 1. The van der Waals surface area contributed by atoms with Crippen LogP contribution in [-0.2, 0) is 19.9 Å². The zero-order chi connectivity index (χ0) is 12.3. The molecule has 6 nitrogen and oxygen atoms in total. The summed E-state index contributed by atoms with van der Waals surface area (Å²) in [4.78, 5) is -0.00502. The summed E-state index contributed by atoms with van der Waals surface area (Å²) in [5.41, 5.74) is 5.27. The summed E-state index contributed by atoms with van der Waals surface area (Å²) in [5.74, 6) is 0. The van der Waals surface area contributed by atoms with Gasteiger partial charge < -0.3 is 5.73 Å². The number of hydrogen-bond donors (Lipinski definition) is 2. The van der Waals surface area contributed by atoms with Crippen LogP contribution in [0, 0.1) is 0 Å². The Hall–Kier alpha value is -0.250. The number of sulfonamides is 1. The Kier molecular flexibility index (Phi) is 5.10. The summed E-state index contributed by atoms with van der Waals surface area (Å²) in [5, 5.41) is -0.959. The molecule has 0 aliphatic heterocycles. The molecular weight excluding hydrogens is 260 g/mol. The van der Waals surface area contributed by atoms with Gasteiger partial charge in [-0.2, -0.15) is 0 Å². The van der Waals surface area contributed by atoms with E-state index in [1.54, 1.807) is 6.92 Å². The maximum Gasteiger partial charge on any atom is 0.226 e. The van der Waals surface area contributed by atoms with Gasteiger partial charge in [0.25, 0.3) is 0 Å². The third-order valence-corrected chi connectivity index (χ3v) is 5.32. The monoisotopic (exact) mass is 274 g/mol. The molecule has 0 bridgehead atoms. The lowest BCUT2D eigenvalue weighted by atomic mass is 10.2. The lowest BCUT2D eigenvalue weighted by Gasteiger charge is -2.14. The third-order valence-electron chi connectivity index (χ3n) is 1.44. The van der Waals surface area contributed by atoms with Crippen LogP contribution in [0.25, 0.3) is 0 Å². The zero-order valence-electron chi connectivity index (χ0n) is 8.43. The molecule has 9 heteroatoms. The van der Waals surface area contributed by atoms with E-state index >= 15 is 0 Å². The lowest BCUT2D eigenvalue weighted by Crippen LogP contribution is -2.44. The Labute approximate surface area is 95.2 Å². The van der Waals surface area contributed by atoms with Gasteiger partial charge in [0.15, 0.2) is 14.9 Å². The molecule has 0 spiro atoms. The van der Waals surface area contributed by atoms with Crippen LogP contribution in [-0.4, -0.2) is 39.2 Å². The fourth-order valence-corrected chi connectivity index (χ4v) is 4.43. The van der Waals surface area contributed by atoms with Gasteiger partial charge in [0.2, 0.25) is 10.0 Å². The summed E-state index contributed by atoms with van der Waals surface area (Å²) in [6.07, 6.45) is 1.21. The van der Waals surface area contributed by atoms with E-state index in [2.05, 4.69) is 16.9 Å². The van der Waals surface area contributed by atoms with Crippen molar-refractivity contribution in [1.82, 2.24) is 4.72 Å². The molecule has 3 N–H and O–H groups in total.